The molecular weight excluding hydrogens is 462 g/mol. The van der Waals surface area contributed by atoms with Crippen LogP contribution in [0.25, 0.3) is 0 Å². The van der Waals surface area contributed by atoms with Crippen molar-refractivity contribution in [2.24, 2.45) is 5.41 Å². The smallest absolute Gasteiger partial charge is 0.326 e. The maximum Gasteiger partial charge on any atom is 0.326 e. The molecule has 3 rings (SSSR count). The molecule has 0 saturated heterocycles. The van der Waals surface area contributed by atoms with Crippen LogP contribution in [0.4, 0.5) is 0 Å². The van der Waals surface area contributed by atoms with Gasteiger partial charge in [0.1, 0.15) is 0 Å². The Bertz CT molecular complexity index is 1110. The molecule has 1 aliphatic rings. The Morgan fingerprint density at radius 1 is 1.03 bits per heavy atom. The van der Waals surface area contributed by atoms with Crippen LogP contribution in [0, 0.1) is 16.7 Å². The monoisotopic (exact) mass is 477 g/mol. The van der Waals surface area contributed by atoms with Gasteiger partial charge in [-0.05, 0) is 29.8 Å². The van der Waals surface area contributed by atoms with Crippen LogP contribution in [-0.4, -0.2) is 39.3 Å². The SMILES string of the molecule is COC(=O)C1(C(=O)OC)[C@@H](c2cccc(Br)c2)[C@]1(C#N)S(=O)(=O)c1ccccc1. The molecule has 0 radical (unpaired) electrons. The second kappa shape index (κ2) is 7.28. The summed E-state index contributed by atoms with van der Waals surface area (Å²) < 4.78 is 35.0. The lowest BCUT2D eigenvalue weighted by atomic mass is 9.99. The fourth-order valence-corrected chi connectivity index (χ4v) is 6.63. The Morgan fingerprint density at radius 2 is 1.62 bits per heavy atom. The van der Waals surface area contributed by atoms with Gasteiger partial charge in [0, 0.05) is 10.4 Å². The van der Waals surface area contributed by atoms with E-state index in [1.165, 1.54) is 24.3 Å². The molecule has 1 fully saturated rings. The van der Waals surface area contributed by atoms with Gasteiger partial charge in [-0.15, -0.1) is 0 Å². The van der Waals surface area contributed by atoms with Crippen molar-refractivity contribution in [3.05, 3.63) is 64.6 Å². The summed E-state index contributed by atoms with van der Waals surface area (Å²) in [6.07, 6.45) is 0. The lowest BCUT2D eigenvalue weighted by Crippen LogP contribution is -2.40. The number of rotatable bonds is 5. The van der Waals surface area contributed by atoms with Gasteiger partial charge in [-0.1, -0.05) is 46.3 Å². The highest BCUT2D eigenvalue weighted by Crippen LogP contribution is 2.73. The van der Waals surface area contributed by atoms with E-state index in [2.05, 4.69) is 15.9 Å². The Balaban J connectivity index is 2.40. The van der Waals surface area contributed by atoms with Crippen LogP contribution < -0.4 is 0 Å². The molecule has 0 heterocycles. The molecule has 1 saturated carbocycles. The van der Waals surface area contributed by atoms with Gasteiger partial charge < -0.3 is 9.47 Å². The van der Waals surface area contributed by atoms with E-state index in [1.807, 2.05) is 0 Å². The van der Waals surface area contributed by atoms with Crippen LogP contribution in [0.2, 0.25) is 0 Å². The van der Waals surface area contributed by atoms with Crippen molar-refractivity contribution < 1.29 is 27.5 Å². The molecule has 2 aromatic rings. The Kier molecular flexibility index (Phi) is 5.28. The number of nitrogens with zero attached hydrogens (tertiary/aromatic N) is 1. The molecule has 1 aliphatic carbocycles. The summed E-state index contributed by atoms with van der Waals surface area (Å²) in [7, 11) is -2.43. The summed E-state index contributed by atoms with van der Waals surface area (Å²) in [6, 6.07) is 15.4. The lowest BCUT2D eigenvalue weighted by molar-refractivity contribution is -0.161. The molecule has 29 heavy (non-hydrogen) atoms. The Hall–Kier alpha value is -2.70. The van der Waals surface area contributed by atoms with Gasteiger partial charge in [0.25, 0.3) is 0 Å². The van der Waals surface area contributed by atoms with Crippen LogP contribution in [0.15, 0.2) is 64.0 Å². The molecule has 0 N–H and O–H groups in total. The van der Waals surface area contributed by atoms with Crippen molar-refractivity contribution in [2.45, 2.75) is 15.6 Å². The third kappa shape index (κ3) is 2.63. The number of sulfone groups is 1. The number of ether oxygens (including phenoxy) is 2. The number of methoxy groups -OCH3 is 2. The van der Waals surface area contributed by atoms with Gasteiger partial charge in [-0.25, -0.2) is 8.42 Å². The predicted octanol–water partition coefficient (Wildman–Crippen LogP) is 2.61. The van der Waals surface area contributed by atoms with Crippen LogP contribution >= 0.6 is 15.9 Å². The molecule has 0 aromatic heterocycles. The summed E-state index contributed by atoms with van der Waals surface area (Å²) in [5.74, 6) is -3.60. The first kappa shape index (κ1) is 21.0. The second-order valence-electron chi connectivity index (χ2n) is 6.44. The number of carbonyl (C=O) groups is 2. The molecule has 0 amide bonds. The molecule has 2 atom stereocenters. The minimum Gasteiger partial charge on any atom is -0.468 e. The molecule has 2 aromatic carbocycles. The quantitative estimate of drug-likeness (QED) is 0.480. The zero-order valence-corrected chi connectivity index (χ0v) is 17.9. The number of carbonyl (C=O) groups excluding carboxylic acids is 2. The van der Waals surface area contributed by atoms with Gasteiger partial charge in [0.05, 0.1) is 25.2 Å². The van der Waals surface area contributed by atoms with Gasteiger partial charge in [-0.2, -0.15) is 5.26 Å². The van der Waals surface area contributed by atoms with E-state index in [0.29, 0.717) is 10.0 Å². The number of esters is 2. The van der Waals surface area contributed by atoms with Crippen molar-refractivity contribution in [3.8, 4) is 6.07 Å². The Morgan fingerprint density at radius 3 is 2.10 bits per heavy atom. The van der Waals surface area contributed by atoms with Crippen LogP contribution in [-0.2, 0) is 28.9 Å². The Labute approximate surface area is 176 Å². The predicted molar refractivity (Wildman–Crippen MR) is 105 cm³/mol. The molecule has 0 bridgehead atoms. The topological polar surface area (TPSA) is 111 Å². The van der Waals surface area contributed by atoms with E-state index in [1.54, 1.807) is 36.4 Å². The van der Waals surface area contributed by atoms with E-state index in [4.69, 9.17) is 9.47 Å². The fraction of sp³-hybridized carbons (Fsp3) is 0.250. The van der Waals surface area contributed by atoms with E-state index in [0.717, 1.165) is 14.2 Å². The third-order valence-corrected chi connectivity index (χ3v) is 8.07. The first-order valence-electron chi connectivity index (χ1n) is 8.39. The second-order valence-corrected chi connectivity index (χ2v) is 9.48. The average Bonchev–Trinajstić information content (AvgIpc) is 3.39. The van der Waals surface area contributed by atoms with Gasteiger partial charge >= 0.3 is 11.9 Å². The lowest BCUT2D eigenvalue weighted by Gasteiger charge is -2.17. The molecule has 0 spiro atoms. The van der Waals surface area contributed by atoms with Gasteiger partial charge in [0.2, 0.25) is 5.41 Å². The van der Waals surface area contributed by atoms with E-state index in [9.17, 15) is 23.3 Å². The van der Waals surface area contributed by atoms with Crippen LogP contribution in [0.3, 0.4) is 0 Å². The number of benzene rings is 2. The summed E-state index contributed by atoms with van der Waals surface area (Å²) in [6.45, 7) is 0. The van der Waals surface area contributed by atoms with Crippen LogP contribution in [0.1, 0.15) is 11.5 Å². The minimum atomic E-state index is -4.48. The maximum absolute atomic E-state index is 13.6. The zero-order chi connectivity index (χ0) is 21.4. The number of hydrogen-bond acceptors (Lipinski definition) is 7. The molecule has 150 valence electrons. The normalized spacial score (nSPS) is 22.2. The van der Waals surface area contributed by atoms with Crippen molar-refractivity contribution in [1.29, 1.82) is 5.26 Å². The molecule has 7 nitrogen and oxygen atoms in total. The highest BCUT2D eigenvalue weighted by atomic mass is 79.9. The summed E-state index contributed by atoms with van der Waals surface area (Å²) >= 11 is 3.29. The molecule has 9 heteroatoms. The minimum absolute atomic E-state index is 0.184. The van der Waals surface area contributed by atoms with E-state index >= 15 is 0 Å². The first-order valence-corrected chi connectivity index (χ1v) is 10.7. The summed E-state index contributed by atoms with van der Waals surface area (Å²) in [5.41, 5.74) is -2.04. The third-order valence-electron chi connectivity index (χ3n) is 5.18. The van der Waals surface area contributed by atoms with Crippen molar-refractivity contribution in [1.82, 2.24) is 0 Å². The van der Waals surface area contributed by atoms with E-state index < -0.39 is 37.9 Å². The molecule has 0 unspecified atom stereocenters. The summed E-state index contributed by atoms with van der Waals surface area (Å²) in [4.78, 5) is 25.6. The number of halogens is 1. The van der Waals surface area contributed by atoms with Gasteiger partial charge in [-0.3, -0.25) is 9.59 Å². The van der Waals surface area contributed by atoms with Crippen molar-refractivity contribution in [3.63, 3.8) is 0 Å². The highest BCUT2D eigenvalue weighted by Gasteiger charge is 2.93. The largest absolute Gasteiger partial charge is 0.468 e. The zero-order valence-electron chi connectivity index (χ0n) is 15.5. The standard InChI is InChI=1S/C20H16BrNO6S/c1-27-17(23)20(18(24)28-2)16(13-7-6-8-14(21)11-13)19(20,12-22)29(25,26)15-9-4-3-5-10-15/h3-11,16H,1-2H3/t16-,19-/m0/s1. The summed E-state index contributed by atoms with van der Waals surface area (Å²) in [5, 5.41) is 10.1. The fourth-order valence-electron chi connectivity index (χ4n) is 3.93. The number of nitriles is 1. The highest BCUT2D eigenvalue weighted by molar-refractivity contribution is 9.10. The van der Waals surface area contributed by atoms with E-state index in [-0.39, 0.29) is 4.90 Å². The number of hydrogen-bond donors (Lipinski definition) is 0. The maximum atomic E-state index is 13.6. The van der Waals surface area contributed by atoms with Crippen LogP contribution in [0.5, 0.6) is 0 Å². The van der Waals surface area contributed by atoms with Crippen molar-refractivity contribution in [2.75, 3.05) is 14.2 Å². The average molecular weight is 478 g/mol. The molecular formula is C20H16BrNO6S. The van der Waals surface area contributed by atoms with Gasteiger partial charge in [0.15, 0.2) is 14.6 Å². The molecule has 0 aliphatic heterocycles. The first-order chi connectivity index (χ1) is 13.7. The van der Waals surface area contributed by atoms with Crippen molar-refractivity contribution >= 4 is 37.7 Å².